The number of nitrogens with two attached hydrogens (primary N) is 1. The van der Waals surface area contributed by atoms with Gasteiger partial charge in [-0.1, -0.05) is 0 Å². The molecule has 6 heteroatoms. The van der Waals surface area contributed by atoms with Gasteiger partial charge in [-0.3, -0.25) is 14.4 Å². The minimum atomic E-state index is -0.640. The fourth-order valence-electron chi connectivity index (χ4n) is 1.07. The van der Waals surface area contributed by atoms with Crippen LogP contribution in [0.25, 0.3) is 0 Å². The highest BCUT2D eigenvalue weighted by Gasteiger charge is 2.04. The van der Waals surface area contributed by atoms with Gasteiger partial charge in [0.1, 0.15) is 0 Å². The standard InChI is InChI=1S/C9H9N3O3/c10-9(15)6-1-7(11-4-13)3-8(2-6)12-5-14/h1-5H,(H2,10,15)(H,11,13)(H,12,14). The monoisotopic (exact) mass is 207 g/mol. The van der Waals surface area contributed by atoms with Crippen LogP contribution >= 0.6 is 0 Å². The van der Waals surface area contributed by atoms with Crippen molar-refractivity contribution in [3.63, 3.8) is 0 Å². The molecule has 0 aliphatic heterocycles. The van der Waals surface area contributed by atoms with Gasteiger partial charge in [-0.05, 0) is 18.2 Å². The first kappa shape index (κ1) is 10.7. The smallest absolute Gasteiger partial charge is 0.248 e. The van der Waals surface area contributed by atoms with Gasteiger partial charge >= 0.3 is 0 Å². The highest BCUT2D eigenvalue weighted by Crippen LogP contribution is 2.17. The van der Waals surface area contributed by atoms with Gasteiger partial charge in [0.25, 0.3) is 0 Å². The lowest BCUT2D eigenvalue weighted by molar-refractivity contribution is -0.106. The molecule has 0 atom stereocenters. The maximum absolute atomic E-state index is 10.9. The van der Waals surface area contributed by atoms with Crippen molar-refractivity contribution >= 4 is 30.1 Å². The molecule has 78 valence electrons. The lowest BCUT2D eigenvalue weighted by atomic mass is 10.1. The summed E-state index contributed by atoms with van der Waals surface area (Å²) in [7, 11) is 0. The number of anilines is 2. The molecule has 6 nitrogen and oxygen atoms in total. The average molecular weight is 207 g/mol. The summed E-state index contributed by atoms with van der Waals surface area (Å²) in [5.74, 6) is -0.640. The van der Waals surface area contributed by atoms with Crippen LogP contribution in [0.5, 0.6) is 0 Å². The molecule has 0 radical (unpaired) electrons. The molecule has 0 unspecified atom stereocenters. The molecule has 1 aromatic rings. The Bertz CT molecular complexity index is 375. The Morgan fingerprint density at radius 2 is 1.53 bits per heavy atom. The zero-order valence-corrected chi connectivity index (χ0v) is 7.69. The maximum Gasteiger partial charge on any atom is 0.248 e. The van der Waals surface area contributed by atoms with Crippen molar-refractivity contribution in [2.24, 2.45) is 5.73 Å². The predicted molar refractivity (Wildman–Crippen MR) is 54.3 cm³/mol. The molecule has 0 bridgehead atoms. The summed E-state index contributed by atoms with van der Waals surface area (Å²) in [6.45, 7) is 0. The van der Waals surface area contributed by atoms with Crippen LogP contribution in [-0.2, 0) is 9.59 Å². The summed E-state index contributed by atoms with van der Waals surface area (Å²) >= 11 is 0. The highest BCUT2D eigenvalue weighted by molar-refractivity contribution is 5.96. The molecular weight excluding hydrogens is 198 g/mol. The van der Waals surface area contributed by atoms with E-state index in [1.54, 1.807) is 0 Å². The van der Waals surface area contributed by atoms with Crippen LogP contribution in [0.1, 0.15) is 10.4 Å². The van der Waals surface area contributed by atoms with Crippen LogP contribution in [0, 0.1) is 0 Å². The van der Waals surface area contributed by atoms with Gasteiger partial charge in [-0.25, -0.2) is 0 Å². The van der Waals surface area contributed by atoms with Gasteiger partial charge in [0.2, 0.25) is 18.7 Å². The number of hydrogen-bond acceptors (Lipinski definition) is 3. The Hall–Kier alpha value is -2.37. The van der Waals surface area contributed by atoms with E-state index in [0.717, 1.165) is 0 Å². The Balaban J connectivity index is 3.12. The van der Waals surface area contributed by atoms with E-state index in [1.165, 1.54) is 18.2 Å². The Morgan fingerprint density at radius 3 is 1.87 bits per heavy atom. The molecule has 4 N–H and O–H groups in total. The molecule has 0 aromatic heterocycles. The second-order valence-corrected chi connectivity index (χ2v) is 2.69. The van der Waals surface area contributed by atoms with Crippen molar-refractivity contribution in [3.05, 3.63) is 23.8 Å². The van der Waals surface area contributed by atoms with Crippen LogP contribution in [0.3, 0.4) is 0 Å². The number of hydrogen-bond donors (Lipinski definition) is 3. The Labute approximate surface area is 85.5 Å². The van der Waals surface area contributed by atoms with E-state index in [0.29, 0.717) is 24.2 Å². The minimum absolute atomic E-state index is 0.200. The van der Waals surface area contributed by atoms with Crippen molar-refractivity contribution in [2.75, 3.05) is 10.6 Å². The lowest BCUT2D eigenvalue weighted by Crippen LogP contribution is -2.12. The minimum Gasteiger partial charge on any atom is -0.366 e. The molecule has 3 amide bonds. The van der Waals surface area contributed by atoms with Gasteiger partial charge in [-0.2, -0.15) is 0 Å². The molecule has 0 spiro atoms. The third-order valence-electron chi connectivity index (χ3n) is 1.67. The number of nitrogens with one attached hydrogen (secondary N) is 2. The van der Waals surface area contributed by atoms with Gasteiger partial charge in [-0.15, -0.1) is 0 Å². The van der Waals surface area contributed by atoms with E-state index in [9.17, 15) is 14.4 Å². The quantitative estimate of drug-likeness (QED) is 0.588. The second-order valence-electron chi connectivity index (χ2n) is 2.69. The largest absolute Gasteiger partial charge is 0.366 e. The molecule has 1 rings (SSSR count). The summed E-state index contributed by atoms with van der Waals surface area (Å²) in [6, 6.07) is 4.31. The van der Waals surface area contributed by atoms with Crippen LogP contribution in [0.15, 0.2) is 18.2 Å². The number of carbonyl (C=O) groups is 3. The molecule has 0 aliphatic carbocycles. The molecule has 0 fully saturated rings. The van der Waals surface area contributed by atoms with E-state index in [1.807, 2.05) is 0 Å². The second kappa shape index (κ2) is 4.75. The van der Waals surface area contributed by atoms with Gasteiger partial charge < -0.3 is 16.4 Å². The van der Waals surface area contributed by atoms with E-state index in [4.69, 9.17) is 5.73 Å². The molecule has 15 heavy (non-hydrogen) atoms. The summed E-state index contributed by atoms with van der Waals surface area (Å²) in [5, 5.41) is 4.71. The fraction of sp³-hybridized carbons (Fsp3) is 0. The Kier molecular flexibility index (Phi) is 3.39. The summed E-state index contributed by atoms with van der Waals surface area (Å²) < 4.78 is 0. The molecule has 1 aromatic carbocycles. The fourth-order valence-corrected chi connectivity index (χ4v) is 1.07. The molecule has 0 heterocycles. The first-order valence-electron chi connectivity index (χ1n) is 4.02. The number of amides is 3. The summed E-state index contributed by atoms with van der Waals surface area (Å²) in [6.07, 6.45) is 0.926. The predicted octanol–water partition coefficient (Wildman–Crippen LogP) is -0.0779. The van der Waals surface area contributed by atoms with Crippen LogP contribution in [0.4, 0.5) is 11.4 Å². The zero-order valence-electron chi connectivity index (χ0n) is 7.69. The van der Waals surface area contributed by atoms with Gasteiger partial charge in [0.05, 0.1) is 0 Å². The molecular formula is C9H9N3O3. The maximum atomic E-state index is 10.9. The molecule has 0 saturated carbocycles. The Morgan fingerprint density at radius 1 is 1.07 bits per heavy atom. The van der Waals surface area contributed by atoms with Crippen molar-refractivity contribution < 1.29 is 14.4 Å². The number of rotatable bonds is 5. The van der Waals surface area contributed by atoms with Crippen LogP contribution in [0.2, 0.25) is 0 Å². The van der Waals surface area contributed by atoms with Gasteiger partial charge in [0.15, 0.2) is 0 Å². The van der Waals surface area contributed by atoms with Crippen molar-refractivity contribution in [1.82, 2.24) is 0 Å². The molecule has 0 saturated heterocycles. The SMILES string of the molecule is NC(=O)c1cc(NC=O)cc(NC=O)c1. The van der Waals surface area contributed by atoms with E-state index < -0.39 is 5.91 Å². The summed E-state index contributed by atoms with van der Waals surface area (Å²) in [4.78, 5) is 31.3. The lowest BCUT2D eigenvalue weighted by Gasteiger charge is -2.05. The van der Waals surface area contributed by atoms with Crippen molar-refractivity contribution in [3.8, 4) is 0 Å². The number of benzene rings is 1. The van der Waals surface area contributed by atoms with E-state index >= 15 is 0 Å². The number of primary amides is 1. The topological polar surface area (TPSA) is 101 Å². The molecule has 0 aliphatic rings. The van der Waals surface area contributed by atoms with E-state index in [2.05, 4.69) is 10.6 Å². The first-order chi connectivity index (χ1) is 7.17. The van der Waals surface area contributed by atoms with Crippen molar-refractivity contribution in [2.45, 2.75) is 0 Å². The van der Waals surface area contributed by atoms with Crippen LogP contribution < -0.4 is 16.4 Å². The first-order valence-corrected chi connectivity index (χ1v) is 4.02. The highest BCUT2D eigenvalue weighted by atomic mass is 16.1. The normalized spacial score (nSPS) is 9.07. The zero-order chi connectivity index (χ0) is 11.3. The van der Waals surface area contributed by atoms with E-state index in [-0.39, 0.29) is 5.56 Å². The van der Waals surface area contributed by atoms with Crippen molar-refractivity contribution in [1.29, 1.82) is 0 Å². The van der Waals surface area contributed by atoms with Gasteiger partial charge in [0, 0.05) is 16.9 Å². The van der Waals surface area contributed by atoms with Crippen LogP contribution in [-0.4, -0.2) is 18.7 Å². The average Bonchev–Trinajstić information content (AvgIpc) is 2.18. The summed E-state index contributed by atoms with van der Waals surface area (Å²) in [5.41, 5.74) is 6.03. The number of carbonyl (C=O) groups excluding carboxylic acids is 3. The third kappa shape index (κ3) is 2.80. The third-order valence-corrected chi connectivity index (χ3v) is 1.67.